The minimum Gasteiger partial charge on any atom is -0.321 e. The zero-order chi connectivity index (χ0) is 14.8. The van der Waals surface area contributed by atoms with E-state index in [0.29, 0.717) is 11.3 Å². The van der Waals surface area contributed by atoms with Gasteiger partial charge in [-0.05, 0) is 37.6 Å². The summed E-state index contributed by atoms with van der Waals surface area (Å²) in [5.41, 5.74) is 4.26. The predicted octanol–water partition coefficient (Wildman–Crippen LogP) is 2.85. The first kappa shape index (κ1) is 13.3. The Kier molecular flexibility index (Phi) is 3.39. The van der Waals surface area contributed by atoms with Gasteiger partial charge >= 0.3 is 0 Å². The molecule has 106 valence electrons. The van der Waals surface area contributed by atoms with Crippen LogP contribution in [-0.4, -0.2) is 20.3 Å². The topological polar surface area (TPSA) is 59.3 Å². The maximum Gasteiger partial charge on any atom is 0.257 e. The molecule has 3 heterocycles. The molecule has 0 atom stereocenters. The molecule has 0 bridgehead atoms. The fourth-order valence-corrected chi connectivity index (χ4v) is 2.32. The molecule has 0 unspecified atom stereocenters. The monoisotopic (exact) mass is 280 g/mol. The van der Waals surface area contributed by atoms with Gasteiger partial charge in [-0.2, -0.15) is 0 Å². The Morgan fingerprint density at radius 1 is 1.33 bits per heavy atom. The van der Waals surface area contributed by atoms with Crippen molar-refractivity contribution in [3.05, 3.63) is 59.8 Å². The second-order valence-electron chi connectivity index (χ2n) is 4.84. The lowest BCUT2D eigenvalue weighted by atomic mass is 10.2. The van der Waals surface area contributed by atoms with Crippen LogP contribution in [0.15, 0.2) is 42.9 Å². The SMILES string of the molecule is CCc1nc2ccc(C(=O)Nc3cccnc3)cn2c1C. The van der Waals surface area contributed by atoms with E-state index in [-0.39, 0.29) is 5.91 Å². The summed E-state index contributed by atoms with van der Waals surface area (Å²) in [5, 5.41) is 2.83. The van der Waals surface area contributed by atoms with E-state index >= 15 is 0 Å². The predicted molar refractivity (Wildman–Crippen MR) is 81.5 cm³/mol. The molecule has 5 nitrogen and oxygen atoms in total. The van der Waals surface area contributed by atoms with Gasteiger partial charge < -0.3 is 9.72 Å². The van der Waals surface area contributed by atoms with Crippen LogP contribution in [0.1, 0.15) is 28.7 Å². The van der Waals surface area contributed by atoms with Crippen molar-refractivity contribution >= 4 is 17.2 Å². The molecule has 1 N–H and O–H groups in total. The normalized spacial score (nSPS) is 10.8. The van der Waals surface area contributed by atoms with Gasteiger partial charge in [-0.15, -0.1) is 0 Å². The summed E-state index contributed by atoms with van der Waals surface area (Å²) in [6, 6.07) is 7.24. The number of nitrogens with one attached hydrogen (secondary N) is 1. The number of pyridine rings is 2. The van der Waals surface area contributed by atoms with E-state index in [1.807, 2.05) is 23.6 Å². The molecule has 5 heteroatoms. The van der Waals surface area contributed by atoms with E-state index < -0.39 is 0 Å². The van der Waals surface area contributed by atoms with Crippen molar-refractivity contribution in [3.63, 3.8) is 0 Å². The fourth-order valence-electron chi connectivity index (χ4n) is 2.32. The van der Waals surface area contributed by atoms with Crippen molar-refractivity contribution in [3.8, 4) is 0 Å². The summed E-state index contributed by atoms with van der Waals surface area (Å²) in [5.74, 6) is -0.156. The Morgan fingerprint density at radius 3 is 2.90 bits per heavy atom. The van der Waals surface area contributed by atoms with Crippen LogP contribution in [0.3, 0.4) is 0 Å². The van der Waals surface area contributed by atoms with Crippen LogP contribution in [0.25, 0.3) is 5.65 Å². The third kappa shape index (κ3) is 2.50. The minimum atomic E-state index is -0.156. The van der Waals surface area contributed by atoms with Crippen LogP contribution < -0.4 is 5.32 Å². The number of rotatable bonds is 3. The summed E-state index contributed by atoms with van der Waals surface area (Å²) < 4.78 is 1.96. The fraction of sp³-hybridized carbons (Fsp3) is 0.188. The van der Waals surface area contributed by atoms with Crippen LogP contribution in [0.5, 0.6) is 0 Å². The van der Waals surface area contributed by atoms with Crippen LogP contribution in [0.2, 0.25) is 0 Å². The maximum atomic E-state index is 12.3. The number of carbonyl (C=O) groups excluding carboxylic acids is 1. The molecule has 0 aliphatic carbocycles. The quantitative estimate of drug-likeness (QED) is 0.802. The molecule has 0 radical (unpaired) electrons. The van der Waals surface area contributed by atoms with Crippen LogP contribution in [0.4, 0.5) is 5.69 Å². The number of fused-ring (bicyclic) bond motifs is 1. The highest BCUT2D eigenvalue weighted by Crippen LogP contribution is 2.15. The molecular weight excluding hydrogens is 264 g/mol. The highest BCUT2D eigenvalue weighted by Gasteiger charge is 2.11. The molecule has 21 heavy (non-hydrogen) atoms. The van der Waals surface area contributed by atoms with E-state index in [2.05, 4.69) is 22.2 Å². The number of nitrogens with zero attached hydrogens (tertiary/aromatic N) is 3. The Morgan fingerprint density at radius 2 is 2.19 bits per heavy atom. The lowest BCUT2D eigenvalue weighted by molar-refractivity contribution is 0.102. The first-order valence-corrected chi connectivity index (χ1v) is 6.88. The van der Waals surface area contributed by atoms with Gasteiger partial charge in [0.25, 0.3) is 5.91 Å². The summed E-state index contributed by atoms with van der Waals surface area (Å²) in [6.07, 6.45) is 5.99. The molecule has 0 fully saturated rings. The Hall–Kier alpha value is -2.69. The zero-order valence-corrected chi connectivity index (χ0v) is 12.0. The molecule has 3 aromatic rings. The largest absolute Gasteiger partial charge is 0.321 e. The number of imidazole rings is 1. The lowest BCUT2D eigenvalue weighted by Crippen LogP contribution is -2.12. The van der Waals surface area contributed by atoms with Crippen molar-refractivity contribution in [2.45, 2.75) is 20.3 Å². The molecular formula is C16H16N4O. The number of carbonyl (C=O) groups is 1. The summed E-state index contributed by atoms with van der Waals surface area (Å²) in [4.78, 5) is 20.8. The first-order valence-electron chi connectivity index (χ1n) is 6.88. The lowest BCUT2D eigenvalue weighted by Gasteiger charge is -2.05. The van der Waals surface area contributed by atoms with Gasteiger partial charge in [0.1, 0.15) is 5.65 Å². The minimum absolute atomic E-state index is 0.156. The molecule has 0 spiro atoms. The Bertz CT molecular complexity index is 793. The number of aromatic nitrogens is 3. The van der Waals surface area contributed by atoms with E-state index in [1.165, 1.54) is 0 Å². The third-order valence-electron chi connectivity index (χ3n) is 3.47. The van der Waals surface area contributed by atoms with E-state index in [9.17, 15) is 4.79 Å². The zero-order valence-electron chi connectivity index (χ0n) is 12.0. The van der Waals surface area contributed by atoms with Gasteiger partial charge in [0.15, 0.2) is 0 Å². The second-order valence-corrected chi connectivity index (χ2v) is 4.84. The van der Waals surface area contributed by atoms with Crippen LogP contribution >= 0.6 is 0 Å². The van der Waals surface area contributed by atoms with Crippen molar-refractivity contribution in [1.29, 1.82) is 0 Å². The number of anilines is 1. The summed E-state index contributed by atoms with van der Waals surface area (Å²) in [7, 11) is 0. The van der Waals surface area contributed by atoms with Gasteiger partial charge in [0, 0.05) is 18.1 Å². The van der Waals surface area contributed by atoms with Crippen molar-refractivity contribution in [1.82, 2.24) is 14.4 Å². The smallest absolute Gasteiger partial charge is 0.257 e. The average molecular weight is 280 g/mol. The Balaban J connectivity index is 1.93. The number of aryl methyl sites for hydroxylation is 2. The van der Waals surface area contributed by atoms with Gasteiger partial charge in [0.2, 0.25) is 0 Å². The molecule has 0 aliphatic heterocycles. The maximum absolute atomic E-state index is 12.3. The van der Waals surface area contributed by atoms with Gasteiger partial charge in [-0.25, -0.2) is 4.98 Å². The van der Waals surface area contributed by atoms with Gasteiger partial charge in [0.05, 0.1) is 23.1 Å². The summed E-state index contributed by atoms with van der Waals surface area (Å²) >= 11 is 0. The molecule has 0 saturated carbocycles. The van der Waals surface area contributed by atoms with E-state index in [4.69, 9.17) is 0 Å². The Labute approximate surface area is 122 Å². The molecule has 3 aromatic heterocycles. The number of hydrogen-bond donors (Lipinski definition) is 1. The van der Waals surface area contributed by atoms with Crippen molar-refractivity contribution < 1.29 is 4.79 Å². The first-order chi connectivity index (χ1) is 10.2. The van der Waals surface area contributed by atoms with E-state index in [1.54, 1.807) is 30.6 Å². The van der Waals surface area contributed by atoms with Crippen molar-refractivity contribution in [2.75, 3.05) is 5.32 Å². The van der Waals surface area contributed by atoms with Crippen molar-refractivity contribution in [2.24, 2.45) is 0 Å². The highest BCUT2D eigenvalue weighted by atomic mass is 16.1. The number of hydrogen-bond acceptors (Lipinski definition) is 3. The van der Waals surface area contributed by atoms with Crippen LogP contribution in [-0.2, 0) is 6.42 Å². The highest BCUT2D eigenvalue weighted by molar-refractivity contribution is 6.04. The van der Waals surface area contributed by atoms with Gasteiger partial charge in [-0.1, -0.05) is 6.92 Å². The molecule has 3 rings (SSSR count). The molecule has 0 saturated heterocycles. The molecule has 1 amide bonds. The van der Waals surface area contributed by atoms with E-state index in [0.717, 1.165) is 23.5 Å². The number of amides is 1. The molecule has 0 aliphatic rings. The molecule has 0 aromatic carbocycles. The second kappa shape index (κ2) is 5.36. The van der Waals surface area contributed by atoms with Crippen LogP contribution in [0, 0.1) is 6.92 Å². The summed E-state index contributed by atoms with van der Waals surface area (Å²) in [6.45, 7) is 4.09. The third-order valence-corrected chi connectivity index (χ3v) is 3.47. The standard InChI is InChI=1S/C16H16N4O/c1-3-14-11(2)20-10-12(6-7-15(20)19-14)16(21)18-13-5-4-8-17-9-13/h4-10H,3H2,1-2H3,(H,18,21). The van der Waals surface area contributed by atoms with Gasteiger partial charge in [-0.3, -0.25) is 9.78 Å². The average Bonchev–Trinajstić information content (AvgIpc) is 2.84.